The monoisotopic (exact) mass is 309 g/mol. The Morgan fingerprint density at radius 1 is 1.14 bits per heavy atom. The predicted octanol–water partition coefficient (Wildman–Crippen LogP) is 2.27. The summed E-state index contributed by atoms with van der Waals surface area (Å²) in [7, 11) is -2.10. The van der Waals surface area contributed by atoms with E-state index >= 15 is 0 Å². The van der Waals surface area contributed by atoms with Crippen LogP contribution in [-0.2, 0) is 22.1 Å². The van der Waals surface area contributed by atoms with Crippen molar-refractivity contribution < 1.29 is 17.5 Å². The van der Waals surface area contributed by atoms with Crippen molar-refractivity contribution in [3.8, 4) is 5.75 Å². The molecule has 0 aliphatic rings. The average molecular weight is 309 g/mol. The van der Waals surface area contributed by atoms with Gasteiger partial charge >= 0.3 is 0 Å². The molecule has 0 heterocycles. The highest BCUT2D eigenvalue weighted by molar-refractivity contribution is 7.90. The standard InChI is InChI=1S/C15H16FNO3S/c1-20-15-7-2-11(9-17)8-12(15)10-21(18,19)14-5-3-13(16)4-6-14/h2-8H,9-10,17H2,1H3. The van der Waals surface area contributed by atoms with Gasteiger partial charge in [0, 0.05) is 12.1 Å². The lowest BCUT2D eigenvalue weighted by Crippen LogP contribution is -2.07. The molecular weight excluding hydrogens is 293 g/mol. The van der Waals surface area contributed by atoms with Crippen molar-refractivity contribution in [1.82, 2.24) is 0 Å². The van der Waals surface area contributed by atoms with Crippen LogP contribution in [0.25, 0.3) is 0 Å². The van der Waals surface area contributed by atoms with Gasteiger partial charge in [-0.05, 0) is 42.0 Å². The summed E-state index contributed by atoms with van der Waals surface area (Å²) in [5.41, 5.74) is 6.92. The summed E-state index contributed by atoms with van der Waals surface area (Å²) in [4.78, 5) is 0.0732. The Balaban J connectivity index is 2.38. The molecule has 21 heavy (non-hydrogen) atoms. The van der Waals surface area contributed by atoms with E-state index in [1.165, 1.54) is 19.2 Å². The minimum Gasteiger partial charge on any atom is -0.496 e. The van der Waals surface area contributed by atoms with E-state index in [1.807, 2.05) is 0 Å². The van der Waals surface area contributed by atoms with E-state index in [0.717, 1.165) is 17.7 Å². The first-order valence-electron chi connectivity index (χ1n) is 6.30. The Labute approximate surface area is 123 Å². The number of nitrogens with two attached hydrogens (primary N) is 1. The first-order chi connectivity index (χ1) is 9.96. The van der Waals surface area contributed by atoms with Gasteiger partial charge in [-0.25, -0.2) is 12.8 Å². The molecule has 0 atom stereocenters. The summed E-state index contributed by atoms with van der Waals surface area (Å²) in [6, 6.07) is 9.94. The van der Waals surface area contributed by atoms with Crippen LogP contribution in [0.4, 0.5) is 4.39 Å². The molecule has 0 unspecified atom stereocenters. The maximum absolute atomic E-state index is 12.9. The smallest absolute Gasteiger partial charge is 0.182 e. The van der Waals surface area contributed by atoms with E-state index in [4.69, 9.17) is 10.5 Å². The summed E-state index contributed by atoms with van der Waals surface area (Å²) >= 11 is 0. The zero-order valence-electron chi connectivity index (χ0n) is 11.5. The van der Waals surface area contributed by atoms with Crippen LogP contribution in [0.2, 0.25) is 0 Å². The van der Waals surface area contributed by atoms with Crippen LogP contribution < -0.4 is 10.5 Å². The third-order valence-electron chi connectivity index (χ3n) is 3.10. The molecule has 2 N–H and O–H groups in total. The molecule has 0 aliphatic carbocycles. The summed E-state index contributed by atoms with van der Waals surface area (Å²) in [6.45, 7) is 0.313. The molecule has 0 saturated heterocycles. The molecule has 2 rings (SSSR count). The van der Waals surface area contributed by atoms with Gasteiger partial charge in [0.2, 0.25) is 0 Å². The number of hydrogen-bond acceptors (Lipinski definition) is 4. The Morgan fingerprint density at radius 3 is 2.38 bits per heavy atom. The van der Waals surface area contributed by atoms with E-state index in [0.29, 0.717) is 17.9 Å². The van der Waals surface area contributed by atoms with Crippen molar-refractivity contribution in [3.63, 3.8) is 0 Å². The first kappa shape index (κ1) is 15.5. The van der Waals surface area contributed by atoms with Gasteiger partial charge in [-0.1, -0.05) is 6.07 Å². The van der Waals surface area contributed by atoms with E-state index < -0.39 is 15.7 Å². The molecule has 4 nitrogen and oxygen atoms in total. The maximum Gasteiger partial charge on any atom is 0.182 e. The third-order valence-corrected chi connectivity index (χ3v) is 4.78. The number of rotatable bonds is 5. The fraction of sp³-hybridized carbons (Fsp3) is 0.200. The van der Waals surface area contributed by atoms with Crippen LogP contribution >= 0.6 is 0 Å². The molecule has 0 saturated carbocycles. The summed E-state index contributed by atoms with van der Waals surface area (Å²) < 4.78 is 42.8. The molecular formula is C15H16FNO3S. The molecule has 0 bridgehead atoms. The van der Waals surface area contributed by atoms with Crippen molar-refractivity contribution in [3.05, 3.63) is 59.4 Å². The number of methoxy groups -OCH3 is 1. The molecule has 0 radical (unpaired) electrons. The van der Waals surface area contributed by atoms with Gasteiger partial charge in [-0.2, -0.15) is 0 Å². The fourth-order valence-electron chi connectivity index (χ4n) is 2.00. The average Bonchev–Trinajstić information content (AvgIpc) is 2.47. The Kier molecular flexibility index (Phi) is 4.59. The van der Waals surface area contributed by atoms with Gasteiger partial charge in [-0.3, -0.25) is 0 Å². The van der Waals surface area contributed by atoms with Crippen molar-refractivity contribution in [2.24, 2.45) is 5.73 Å². The van der Waals surface area contributed by atoms with E-state index in [9.17, 15) is 12.8 Å². The fourth-order valence-corrected chi connectivity index (χ4v) is 3.35. The Hall–Kier alpha value is -1.92. The van der Waals surface area contributed by atoms with E-state index in [2.05, 4.69) is 0 Å². The molecule has 0 aromatic heterocycles. The third kappa shape index (κ3) is 3.59. The maximum atomic E-state index is 12.9. The van der Waals surface area contributed by atoms with Gasteiger partial charge in [-0.15, -0.1) is 0 Å². The summed E-state index contributed by atoms with van der Waals surface area (Å²) in [5.74, 6) is -0.218. The first-order valence-corrected chi connectivity index (χ1v) is 7.95. The lowest BCUT2D eigenvalue weighted by atomic mass is 10.1. The van der Waals surface area contributed by atoms with Gasteiger partial charge in [0.1, 0.15) is 11.6 Å². The van der Waals surface area contributed by atoms with Crippen molar-refractivity contribution in [1.29, 1.82) is 0 Å². The quantitative estimate of drug-likeness (QED) is 0.860. The van der Waals surface area contributed by atoms with Gasteiger partial charge in [0.15, 0.2) is 9.84 Å². The van der Waals surface area contributed by atoms with E-state index in [-0.39, 0.29) is 10.6 Å². The molecule has 0 fully saturated rings. The van der Waals surface area contributed by atoms with Crippen molar-refractivity contribution in [2.75, 3.05) is 7.11 Å². The molecule has 6 heteroatoms. The zero-order valence-corrected chi connectivity index (χ0v) is 12.4. The second-order valence-electron chi connectivity index (χ2n) is 4.56. The molecule has 0 spiro atoms. The van der Waals surface area contributed by atoms with E-state index in [1.54, 1.807) is 18.2 Å². The van der Waals surface area contributed by atoms with Crippen LogP contribution in [0.3, 0.4) is 0 Å². The van der Waals surface area contributed by atoms with Crippen molar-refractivity contribution >= 4 is 9.84 Å². The lowest BCUT2D eigenvalue weighted by Gasteiger charge is -2.11. The van der Waals surface area contributed by atoms with Crippen LogP contribution in [0.1, 0.15) is 11.1 Å². The summed E-state index contributed by atoms with van der Waals surface area (Å²) in [6.07, 6.45) is 0. The van der Waals surface area contributed by atoms with Gasteiger partial charge in [0.25, 0.3) is 0 Å². The largest absolute Gasteiger partial charge is 0.496 e. The van der Waals surface area contributed by atoms with Crippen LogP contribution in [0.5, 0.6) is 5.75 Å². The number of sulfone groups is 1. The SMILES string of the molecule is COc1ccc(CN)cc1CS(=O)(=O)c1ccc(F)cc1. The number of benzene rings is 2. The normalized spacial score (nSPS) is 11.4. The summed E-state index contributed by atoms with van der Waals surface area (Å²) in [5, 5.41) is 0. The topological polar surface area (TPSA) is 69.4 Å². The predicted molar refractivity (Wildman–Crippen MR) is 78.2 cm³/mol. The highest BCUT2D eigenvalue weighted by atomic mass is 32.2. The number of ether oxygens (including phenoxy) is 1. The zero-order chi connectivity index (χ0) is 15.5. The van der Waals surface area contributed by atoms with Gasteiger partial charge in [0.05, 0.1) is 17.8 Å². The number of halogens is 1. The van der Waals surface area contributed by atoms with Crippen LogP contribution in [0.15, 0.2) is 47.4 Å². The minimum absolute atomic E-state index is 0.0732. The molecule has 2 aromatic rings. The minimum atomic E-state index is -3.58. The van der Waals surface area contributed by atoms with Crippen LogP contribution in [0, 0.1) is 5.82 Å². The molecule has 2 aromatic carbocycles. The highest BCUT2D eigenvalue weighted by Gasteiger charge is 2.18. The Morgan fingerprint density at radius 2 is 1.81 bits per heavy atom. The van der Waals surface area contributed by atoms with Gasteiger partial charge < -0.3 is 10.5 Å². The highest BCUT2D eigenvalue weighted by Crippen LogP contribution is 2.25. The van der Waals surface area contributed by atoms with Crippen LogP contribution in [-0.4, -0.2) is 15.5 Å². The number of hydrogen-bond donors (Lipinski definition) is 1. The lowest BCUT2D eigenvalue weighted by molar-refractivity contribution is 0.410. The van der Waals surface area contributed by atoms with Crippen molar-refractivity contribution in [2.45, 2.75) is 17.2 Å². The Bertz CT molecular complexity index is 727. The molecule has 112 valence electrons. The second-order valence-corrected chi connectivity index (χ2v) is 6.55. The second kappa shape index (κ2) is 6.24. The molecule has 0 aliphatic heterocycles. The molecule has 0 amide bonds.